The molecule has 0 fully saturated rings. The molecule has 178 valence electrons. The number of nitrogens with zero attached hydrogens (tertiary/aromatic N) is 1. The largest absolute Gasteiger partial charge is 0.503 e. The summed E-state index contributed by atoms with van der Waals surface area (Å²) in [5.41, 5.74) is 4.15. The molecule has 0 aliphatic heterocycles. The Balaban J connectivity index is 1.65. The van der Waals surface area contributed by atoms with E-state index < -0.39 is 29.8 Å². The Hall–Kier alpha value is -3.87. The van der Waals surface area contributed by atoms with E-state index in [-0.39, 0.29) is 11.4 Å². The fraction of sp³-hybridized carbons (Fsp3) is 0.296. The van der Waals surface area contributed by atoms with Gasteiger partial charge in [-0.25, -0.2) is 9.78 Å². The van der Waals surface area contributed by atoms with Crippen molar-refractivity contribution in [3.8, 4) is 22.6 Å². The third-order valence-electron chi connectivity index (χ3n) is 5.59. The molecule has 2 N–H and O–H groups in total. The van der Waals surface area contributed by atoms with Crippen LogP contribution in [-0.4, -0.2) is 35.1 Å². The van der Waals surface area contributed by atoms with Crippen LogP contribution < -0.4 is 10.1 Å². The summed E-state index contributed by atoms with van der Waals surface area (Å²) in [7, 11) is 1.37. The predicted octanol–water partition coefficient (Wildman–Crippen LogP) is 5.01. The third-order valence-corrected chi connectivity index (χ3v) is 5.59. The number of esters is 1. The number of rotatable bonds is 8. The molecular weight excluding hydrogens is 432 g/mol. The molecule has 0 bridgehead atoms. The van der Waals surface area contributed by atoms with Crippen LogP contribution in [0.1, 0.15) is 61.3 Å². The summed E-state index contributed by atoms with van der Waals surface area (Å²) in [4.78, 5) is 28.9. The van der Waals surface area contributed by atoms with Gasteiger partial charge in [0.2, 0.25) is 0 Å². The minimum absolute atomic E-state index is 0.114. The lowest BCUT2D eigenvalue weighted by atomic mass is 9.92. The molecule has 0 aliphatic rings. The summed E-state index contributed by atoms with van der Waals surface area (Å²) in [5.74, 6) is -1.18. The normalized spacial score (nSPS) is 12.6. The van der Waals surface area contributed by atoms with Gasteiger partial charge < -0.3 is 19.9 Å². The number of pyridine rings is 1. The standard InChI is InChI=1S/C27H30N2O5/c1-16(2)21-8-6-7-9-22(21)20-12-10-19(11-13-20)18(4)34-27(32)17(3)29-26(31)24-25(30)23(33-5)14-15-28-24/h6-18,30H,1-5H3,(H,29,31)/t17-,18-/m0/s1. The molecular formula is C27H30N2O5. The number of amides is 1. The highest BCUT2D eigenvalue weighted by Gasteiger charge is 2.24. The second-order valence-corrected chi connectivity index (χ2v) is 8.35. The molecule has 1 aromatic heterocycles. The highest BCUT2D eigenvalue weighted by molar-refractivity contribution is 5.97. The average Bonchev–Trinajstić information content (AvgIpc) is 2.84. The van der Waals surface area contributed by atoms with E-state index in [1.807, 2.05) is 36.4 Å². The van der Waals surface area contributed by atoms with Crippen LogP contribution in [0.2, 0.25) is 0 Å². The van der Waals surface area contributed by atoms with Gasteiger partial charge in [-0.2, -0.15) is 0 Å². The first kappa shape index (κ1) is 24.8. The quantitative estimate of drug-likeness (QED) is 0.457. The maximum Gasteiger partial charge on any atom is 0.328 e. The summed E-state index contributed by atoms with van der Waals surface area (Å²) < 4.78 is 10.5. The molecule has 2 atom stereocenters. The molecule has 2 aromatic carbocycles. The molecule has 3 rings (SSSR count). The van der Waals surface area contributed by atoms with E-state index in [1.165, 1.54) is 37.4 Å². The van der Waals surface area contributed by atoms with Crippen LogP contribution in [0.25, 0.3) is 11.1 Å². The minimum Gasteiger partial charge on any atom is -0.503 e. The van der Waals surface area contributed by atoms with E-state index in [4.69, 9.17) is 9.47 Å². The van der Waals surface area contributed by atoms with Crippen molar-refractivity contribution in [1.29, 1.82) is 0 Å². The zero-order valence-corrected chi connectivity index (χ0v) is 20.0. The third kappa shape index (κ3) is 5.54. The number of ether oxygens (including phenoxy) is 2. The highest BCUT2D eigenvalue weighted by Crippen LogP contribution is 2.30. The Kier molecular flexibility index (Phi) is 7.89. The minimum atomic E-state index is -0.945. The van der Waals surface area contributed by atoms with Crippen molar-refractivity contribution in [2.75, 3.05) is 7.11 Å². The van der Waals surface area contributed by atoms with Gasteiger partial charge in [-0.1, -0.05) is 62.4 Å². The zero-order chi connectivity index (χ0) is 24.8. The van der Waals surface area contributed by atoms with Gasteiger partial charge in [0.05, 0.1) is 7.11 Å². The SMILES string of the molecule is COc1ccnc(C(=O)N[C@@H](C)C(=O)O[C@@H](C)c2ccc(-c3ccccc3C(C)C)cc2)c1O. The molecule has 7 nitrogen and oxygen atoms in total. The predicted molar refractivity (Wildman–Crippen MR) is 130 cm³/mol. The fourth-order valence-corrected chi connectivity index (χ4v) is 3.63. The number of hydrogen-bond donors (Lipinski definition) is 2. The second-order valence-electron chi connectivity index (χ2n) is 8.35. The number of hydrogen-bond acceptors (Lipinski definition) is 6. The van der Waals surface area contributed by atoms with Gasteiger partial charge >= 0.3 is 5.97 Å². The number of aromatic nitrogens is 1. The Morgan fingerprint density at radius 1 is 0.971 bits per heavy atom. The van der Waals surface area contributed by atoms with Crippen molar-refractivity contribution < 1.29 is 24.2 Å². The van der Waals surface area contributed by atoms with Crippen molar-refractivity contribution in [3.63, 3.8) is 0 Å². The van der Waals surface area contributed by atoms with Gasteiger partial charge in [-0.15, -0.1) is 0 Å². The van der Waals surface area contributed by atoms with Crippen LogP contribution in [0.15, 0.2) is 60.8 Å². The first-order valence-electron chi connectivity index (χ1n) is 11.2. The average molecular weight is 463 g/mol. The van der Waals surface area contributed by atoms with Crippen LogP contribution in [0.4, 0.5) is 0 Å². The summed E-state index contributed by atoms with van der Waals surface area (Å²) in [6, 6.07) is 16.7. The Bertz CT molecular complexity index is 1160. The first-order chi connectivity index (χ1) is 16.2. The Morgan fingerprint density at radius 2 is 1.65 bits per heavy atom. The van der Waals surface area contributed by atoms with E-state index >= 15 is 0 Å². The van der Waals surface area contributed by atoms with Crippen LogP contribution in [-0.2, 0) is 9.53 Å². The lowest BCUT2D eigenvalue weighted by Crippen LogP contribution is -2.40. The smallest absolute Gasteiger partial charge is 0.328 e. The molecule has 0 radical (unpaired) electrons. The summed E-state index contributed by atoms with van der Waals surface area (Å²) in [6.07, 6.45) is 0.825. The first-order valence-corrected chi connectivity index (χ1v) is 11.2. The number of nitrogens with one attached hydrogen (secondary N) is 1. The molecule has 1 amide bonds. The van der Waals surface area contributed by atoms with E-state index in [0.717, 1.165) is 11.1 Å². The van der Waals surface area contributed by atoms with E-state index in [1.54, 1.807) is 6.92 Å². The van der Waals surface area contributed by atoms with Gasteiger partial charge in [-0.05, 0) is 42.0 Å². The summed E-state index contributed by atoms with van der Waals surface area (Å²) in [6.45, 7) is 7.62. The molecule has 3 aromatic rings. The van der Waals surface area contributed by atoms with Gasteiger partial charge in [0.15, 0.2) is 17.2 Å². The number of benzene rings is 2. The van der Waals surface area contributed by atoms with Crippen molar-refractivity contribution in [1.82, 2.24) is 10.3 Å². The number of carbonyl (C=O) groups excluding carboxylic acids is 2. The second kappa shape index (κ2) is 10.8. The lowest BCUT2D eigenvalue weighted by molar-refractivity contribution is -0.150. The number of methoxy groups -OCH3 is 1. The molecule has 0 unspecified atom stereocenters. The Morgan fingerprint density at radius 3 is 2.29 bits per heavy atom. The van der Waals surface area contributed by atoms with Gasteiger partial charge in [0, 0.05) is 12.3 Å². The van der Waals surface area contributed by atoms with Gasteiger partial charge in [-0.3, -0.25) is 4.79 Å². The highest BCUT2D eigenvalue weighted by atomic mass is 16.5. The van der Waals surface area contributed by atoms with Crippen LogP contribution in [0.3, 0.4) is 0 Å². The van der Waals surface area contributed by atoms with Crippen molar-refractivity contribution in [3.05, 3.63) is 77.6 Å². The lowest BCUT2D eigenvalue weighted by Gasteiger charge is -2.19. The number of carbonyl (C=O) groups is 2. The molecule has 0 aliphatic carbocycles. The van der Waals surface area contributed by atoms with E-state index in [2.05, 4.69) is 36.3 Å². The maximum absolute atomic E-state index is 12.6. The molecule has 1 heterocycles. The van der Waals surface area contributed by atoms with Crippen LogP contribution in [0.5, 0.6) is 11.5 Å². The fourth-order valence-electron chi connectivity index (χ4n) is 3.63. The van der Waals surface area contributed by atoms with Crippen molar-refractivity contribution in [2.24, 2.45) is 0 Å². The van der Waals surface area contributed by atoms with Gasteiger partial charge in [0.1, 0.15) is 12.1 Å². The zero-order valence-electron chi connectivity index (χ0n) is 20.0. The molecule has 34 heavy (non-hydrogen) atoms. The summed E-state index contributed by atoms with van der Waals surface area (Å²) >= 11 is 0. The van der Waals surface area contributed by atoms with Crippen molar-refractivity contribution >= 4 is 11.9 Å². The maximum atomic E-state index is 12.6. The van der Waals surface area contributed by atoms with E-state index in [9.17, 15) is 14.7 Å². The molecule has 7 heteroatoms. The van der Waals surface area contributed by atoms with Crippen LogP contribution in [0, 0.1) is 0 Å². The topological polar surface area (TPSA) is 97.8 Å². The van der Waals surface area contributed by atoms with Crippen LogP contribution >= 0.6 is 0 Å². The number of aromatic hydroxyl groups is 1. The molecule has 0 saturated heterocycles. The van der Waals surface area contributed by atoms with E-state index in [0.29, 0.717) is 5.92 Å². The van der Waals surface area contributed by atoms with Gasteiger partial charge in [0.25, 0.3) is 5.91 Å². The Labute approximate surface area is 199 Å². The molecule has 0 spiro atoms. The molecule has 0 saturated carbocycles. The summed E-state index contributed by atoms with van der Waals surface area (Å²) in [5, 5.41) is 12.6. The monoisotopic (exact) mass is 462 g/mol. The van der Waals surface area contributed by atoms with Crippen molar-refractivity contribution in [2.45, 2.75) is 45.8 Å².